The Bertz CT molecular complexity index is 432. The first-order valence-corrected chi connectivity index (χ1v) is 9.33. The Labute approximate surface area is 134 Å². The molecule has 3 heteroatoms. The van der Waals surface area contributed by atoms with Gasteiger partial charge in [-0.25, -0.2) is 0 Å². The Balaban J connectivity index is 1.93. The van der Waals surface area contributed by atoms with Gasteiger partial charge in [0.2, 0.25) is 0 Å². The van der Waals surface area contributed by atoms with E-state index >= 15 is 0 Å². The molecule has 1 N–H and O–H groups in total. The average molecular weight is 309 g/mol. The highest BCUT2D eigenvalue weighted by Gasteiger charge is 2.29. The van der Waals surface area contributed by atoms with Gasteiger partial charge in [0.15, 0.2) is 0 Å². The smallest absolute Gasteiger partial charge is 0.0302 e. The average Bonchev–Trinajstić information content (AvgIpc) is 3.17. The van der Waals surface area contributed by atoms with Gasteiger partial charge in [0.1, 0.15) is 0 Å². The second-order valence-electron chi connectivity index (χ2n) is 7.21. The summed E-state index contributed by atoms with van der Waals surface area (Å²) in [5.74, 6) is 0.806. The van der Waals surface area contributed by atoms with E-state index in [9.17, 15) is 0 Å². The number of thiophene rings is 1. The van der Waals surface area contributed by atoms with Crippen molar-refractivity contribution in [3.8, 4) is 0 Å². The number of hydrogen-bond donors (Lipinski definition) is 1. The predicted molar refractivity (Wildman–Crippen MR) is 93.9 cm³/mol. The maximum absolute atomic E-state index is 3.53. The fraction of sp³-hybridized carbons (Fsp3) is 0.778. The molecule has 0 saturated heterocycles. The summed E-state index contributed by atoms with van der Waals surface area (Å²) >= 11 is 1.97. The molecule has 2 nitrogen and oxygen atoms in total. The molecule has 0 spiro atoms. The van der Waals surface area contributed by atoms with Crippen molar-refractivity contribution in [1.82, 2.24) is 10.2 Å². The summed E-state index contributed by atoms with van der Waals surface area (Å²) in [6.45, 7) is 14.8. The number of nitrogens with zero attached hydrogens (tertiary/aromatic N) is 1. The van der Waals surface area contributed by atoms with Crippen LogP contribution in [0.15, 0.2) is 6.07 Å². The standard InChI is InChI=1S/C18H32N2S/c1-13(2)8-9-20(17-6-7-17)12-16-10-18(21-15(16)5)11-19-14(3)4/h10,13-14,17,19H,6-9,11-12H2,1-5H3. The van der Waals surface area contributed by atoms with Gasteiger partial charge in [-0.1, -0.05) is 27.7 Å². The highest BCUT2D eigenvalue weighted by atomic mass is 32.1. The lowest BCUT2D eigenvalue weighted by Crippen LogP contribution is -2.27. The summed E-state index contributed by atoms with van der Waals surface area (Å²) in [5, 5.41) is 3.53. The quantitative estimate of drug-likeness (QED) is 0.719. The van der Waals surface area contributed by atoms with Crippen LogP contribution in [0.25, 0.3) is 0 Å². The van der Waals surface area contributed by atoms with Gasteiger partial charge < -0.3 is 5.32 Å². The van der Waals surface area contributed by atoms with Gasteiger partial charge in [0, 0.05) is 34.9 Å². The van der Waals surface area contributed by atoms with Crippen molar-refractivity contribution < 1.29 is 0 Å². The third kappa shape index (κ3) is 5.72. The van der Waals surface area contributed by atoms with Crippen LogP contribution in [0.1, 0.15) is 62.3 Å². The molecular formula is C18H32N2S. The van der Waals surface area contributed by atoms with E-state index in [-0.39, 0.29) is 0 Å². The van der Waals surface area contributed by atoms with E-state index in [0.29, 0.717) is 6.04 Å². The zero-order chi connectivity index (χ0) is 15.4. The molecule has 21 heavy (non-hydrogen) atoms. The van der Waals surface area contributed by atoms with E-state index in [1.807, 2.05) is 11.3 Å². The maximum atomic E-state index is 3.53. The first-order valence-electron chi connectivity index (χ1n) is 8.51. The molecule has 0 amide bonds. The van der Waals surface area contributed by atoms with Gasteiger partial charge in [0.05, 0.1) is 0 Å². The molecule has 0 aromatic carbocycles. The molecule has 1 aromatic rings. The highest BCUT2D eigenvalue weighted by Crippen LogP contribution is 2.31. The normalized spacial score (nSPS) is 15.6. The maximum Gasteiger partial charge on any atom is 0.0302 e. The van der Waals surface area contributed by atoms with Crippen LogP contribution < -0.4 is 5.32 Å². The zero-order valence-electron chi connectivity index (χ0n) is 14.4. The lowest BCUT2D eigenvalue weighted by molar-refractivity contribution is 0.239. The summed E-state index contributed by atoms with van der Waals surface area (Å²) < 4.78 is 0. The Morgan fingerprint density at radius 1 is 1.29 bits per heavy atom. The molecule has 1 fully saturated rings. The van der Waals surface area contributed by atoms with E-state index in [1.54, 1.807) is 5.56 Å². The second kappa shape index (κ2) is 7.75. The highest BCUT2D eigenvalue weighted by molar-refractivity contribution is 7.12. The van der Waals surface area contributed by atoms with Crippen LogP contribution in [0.3, 0.4) is 0 Å². The van der Waals surface area contributed by atoms with Crippen LogP contribution in [-0.4, -0.2) is 23.5 Å². The molecule has 0 bridgehead atoms. The molecule has 0 atom stereocenters. The minimum absolute atomic E-state index is 0.560. The van der Waals surface area contributed by atoms with Gasteiger partial charge in [-0.05, 0) is 50.3 Å². The van der Waals surface area contributed by atoms with Crippen molar-refractivity contribution in [3.63, 3.8) is 0 Å². The van der Waals surface area contributed by atoms with Gasteiger partial charge >= 0.3 is 0 Å². The van der Waals surface area contributed by atoms with E-state index in [2.05, 4.69) is 50.9 Å². The van der Waals surface area contributed by atoms with Crippen molar-refractivity contribution in [1.29, 1.82) is 0 Å². The SMILES string of the molecule is Cc1sc(CNC(C)C)cc1CN(CCC(C)C)C1CC1. The molecule has 0 unspecified atom stereocenters. The molecule has 0 radical (unpaired) electrons. The van der Waals surface area contributed by atoms with Crippen molar-refractivity contribution in [2.75, 3.05) is 6.54 Å². The molecule has 1 aliphatic rings. The van der Waals surface area contributed by atoms with Crippen LogP contribution in [-0.2, 0) is 13.1 Å². The molecule has 0 aliphatic heterocycles. The monoisotopic (exact) mass is 308 g/mol. The lowest BCUT2D eigenvalue weighted by Gasteiger charge is -2.23. The van der Waals surface area contributed by atoms with E-state index in [4.69, 9.17) is 0 Å². The van der Waals surface area contributed by atoms with Gasteiger partial charge in [-0.3, -0.25) is 4.90 Å². The minimum atomic E-state index is 0.560. The summed E-state index contributed by atoms with van der Waals surface area (Å²) in [7, 11) is 0. The topological polar surface area (TPSA) is 15.3 Å². The minimum Gasteiger partial charge on any atom is -0.310 e. The van der Waals surface area contributed by atoms with Gasteiger partial charge in [-0.2, -0.15) is 0 Å². The number of rotatable bonds is 9. The predicted octanol–water partition coefficient (Wildman–Crippen LogP) is 4.57. The molecule has 2 rings (SSSR count). The zero-order valence-corrected chi connectivity index (χ0v) is 15.2. The van der Waals surface area contributed by atoms with E-state index in [1.165, 1.54) is 35.6 Å². The summed E-state index contributed by atoms with van der Waals surface area (Å²) in [6.07, 6.45) is 4.13. The Kier molecular flexibility index (Phi) is 6.27. The number of aryl methyl sites for hydroxylation is 1. The summed E-state index contributed by atoms with van der Waals surface area (Å²) in [6, 6.07) is 3.85. The van der Waals surface area contributed by atoms with Crippen molar-refractivity contribution in [2.45, 2.75) is 79.1 Å². The number of nitrogens with one attached hydrogen (secondary N) is 1. The van der Waals surface area contributed by atoms with E-state index in [0.717, 1.165) is 25.0 Å². The number of hydrogen-bond acceptors (Lipinski definition) is 3. The van der Waals surface area contributed by atoms with Crippen LogP contribution in [0.2, 0.25) is 0 Å². The van der Waals surface area contributed by atoms with Crippen LogP contribution in [0.5, 0.6) is 0 Å². The summed E-state index contributed by atoms with van der Waals surface area (Å²) in [4.78, 5) is 5.70. The second-order valence-corrected chi connectivity index (χ2v) is 8.55. The third-order valence-corrected chi connectivity index (χ3v) is 5.28. The molecular weight excluding hydrogens is 276 g/mol. The first-order chi connectivity index (χ1) is 9.95. The lowest BCUT2D eigenvalue weighted by atomic mass is 10.1. The fourth-order valence-corrected chi connectivity index (χ4v) is 3.61. The van der Waals surface area contributed by atoms with Crippen LogP contribution in [0, 0.1) is 12.8 Å². The van der Waals surface area contributed by atoms with Crippen molar-refractivity contribution in [3.05, 3.63) is 21.4 Å². The van der Waals surface area contributed by atoms with E-state index < -0.39 is 0 Å². The van der Waals surface area contributed by atoms with Gasteiger partial charge in [-0.15, -0.1) is 11.3 Å². The molecule has 1 saturated carbocycles. The van der Waals surface area contributed by atoms with Crippen LogP contribution >= 0.6 is 11.3 Å². The van der Waals surface area contributed by atoms with Crippen molar-refractivity contribution in [2.24, 2.45) is 5.92 Å². The Morgan fingerprint density at radius 3 is 2.57 bits per heavy atom. The molecule has 1 heterocycles. The molecule has 1 aromatic heterocycles. The Morgan fingerprint density at radius 2 is 2.00 bits per heavy atom. The van der Waals surface area contributed by atoms with Gasteiger partial charge in [0.25, 0.3) is 0 Å². The van der Waals surface area contributed by atoms with Crippen LogP contribution in [0.4, 0.5) is 0 Å². The first kappa shape index (κ1) is 17.0. The molecule has 1 aliphatic carbocycles. The largest absolute Gasteiger partial charge is 0.310 e. The third-order valence-electron chi connectivity index (χ3n) is 4.19. The fourth-order valence-electron chi connectivity index (χ4n) is 2.61. The Hall–Kier alpha value is -0.380. The van der Waals surface area contributed by atoms with Crippen molar-refractivity contribution >= 4 is 11.3 Å². The molecule has 120 valence electrons. The summed E-state index contributed by atoms with van der Waals surface area (Å²) in [5.41, 5.74) is 1.55.